The van der Waals surface area contributed by atoms with Gasteiger partial charge in [-0.15, -0.1) is 5.54 Å². The number of amides is 1. The molecule has 2 saturated heterocycles. The summed E-state index contributed by atoms with van der Waals surface area (Å²) in [6, 6.07) is 5.04. The fourth-order valence-corrected chi connectivity index (χ4v) is 15.4. The van der Waals surface area contributed by atoms with Gasteiger partial charge in [-0.05, 0) is 72.8 Å². The maximum atomic E-state index is 17.8. The van der Waals surface area contributed by atoms with E-state index >= 15 is 8.78 Å². The molecule has 12 nitrogen and oxygen atoms in total. The number of fused-ring (bicyclic) bond motifs is 6. The highest BCUT2D eigenvalue weighted by Gasteiger charge is 2.53. The number of carbonyl (C=O) groups is 1. The van der Waals surface area contributed by atoms with Crippen LogP contribution < -0.4 is 19.1 Å². The predicted molar refractivity (Wildman–Crippen MR) is 223 cm³/mol. The van der Waals surface area contributed by atoms with Crippen molar-refractivity contribution in [2.24, 2.45) is 5.41 Å². The fraction of sp³-hybridized carbons (Fsp3) is 0.545. The number of benzene rings is 2. The van der Waals surface area contributed by atoms with E-state index in [-0.39, 0.29) is 82.3 Å². The van der Waals surface area contributed by atoms with Crippen molar-refractivity contribution in [1.29, 1.82) is 0 Å². The van der Waals surface area contributed by atoms with E-state index in [4.69, 9.17) is 28.9 Å². The average Bonchev–Trinajstić information content (AvgIpc) is 3.93. The molecule has 4 aromatic rings. The number of rotatable bonds is 11. The van der Waals surface area contributed by atoms with Gasteiger partial charge in [0.25, 0.3) is 0 Å². The third-order valence-electron chi connectivity index (χ3n) is 13.4. The van der Waals surface area contributed by atoms with Gasteiger partial charge < -0.3 is 34.1 Å². The van der Waals surface area contributed by atoms with Crippen LogP contribution in [0.25, 0.3) is 32.9 Å². The second-order valence-corrected chi connectivity index (χ2v) is 23.3. The monoisotopic (exact) mass is 829 g/mol. The Morgan fingerprint density at radius 2 is 1.76 bits per heavy atom. The quantitative estimate of drug-likeness (QED) is 0.0858. The summed E-state index contributed by atoms with van der Waals surface area (Å²) >= 11 is 0. The van der Waals surface area contributed by atoms with Crippen molar-refractivity contribution in [2.45, 2.75) is 115 Å². The number of aliphatic hydroxyl groups excluding tert-OH is 1. The van der Waals surface area contributed by atoms with Crippen LogP contribution in [0.15, 0.2) is 24.3 Å². The first-order valence-electron chi connectivity index (χ1n) is 20.7. The third-order valence-corrected chi connectivity index (χ3v) is 19.7. The number of nitrogens with zero attached hydrogens (tertiary/aromatic N) is 5. The van der Waals surface area contributed by atoms with Gasteiger partial charge in [0.15, 0.2) is 12.6 Å². The molecule has 2 N–H and O–H groups in total. The van der Waals surface area contributed by atoms with Crippen molar-refractivity contribution in [3.8, 4) is 40.4 Å². The van der Waals surface area contributed by atoms with E-state index in [1.807, 2.05) is 11.8 Å². The van der Waals surface area contributed by atoms with Crippen LogP contribution in [0.4, 0.5) is 19.4 Å². The van der Waals surface area contributed by atoms with Gasteiger partial charge in [-0.2, -0.15) is 9.97 Å². The zero-order valence-corrected chi connectivity index (χ0v) is 35.9. The first kappa shape index (κ1) is 41.0. The lowest BCUT2D eigenvalue weighted by molar-refractivity contribution is 0.0512. The number of hydrogen-bond donors (Lipinski definition) is 2. The van der Waals surface area contributed by atoms with Gasteiger partial charge in [-0.3, -0.25) is 4.90 Å². The van der Waals surface area contributed by atoms with Gasteiger partial charge >= 0.3 is 12.1 Å². The molecule has 4 unspecified atom stereocenters. The lowest BCUT2D eigenvalue weighted by atomic mass is 9.95. The number of carboxylic acid groups (broad SMARTS) is 1. The predicted octanol–water partition coefficient (Wildman–Crippen LogP) is 8.31. The molecular weight excluding hydrogens is 777 g/mol. The molecule has 2 aromatic heterocycles. The Balaban J connectivity index is 1.39. The Morgan fingerprint density at radius 3 is 2.41 bits per heavy atom. The van der Waals surface area contributed by atoms with Crippen molar-refractivity contribution >= 4 is 41.7 Å². The van der Waals surface area contributed by atoms with Crippen LogP contribution in [0.5, 0.6) is 17.6 Å². The highest BCUT2D eigenvalue weighted by atomic mass is 28.3. The number of ether oxygens (including phenoxy) is 4. The van der Waals surface area contributed by atoms with Crippen molar-refractivity contribution < 1.29 is 42.7 Å². The van der Waals surface area contributed by atoms with Crippen LogP contribution >= 0.6 is 0 Å². The van der Waals surface area contributed by atoms with E-state index in [2.05, 4.69) is 58.0 Å². The lowest BCUT2D eigenvalue weighted by Crippen LogP contribution is -2.64. The second-order valence-electron chi connectivity index (χ2n) is 17.7. The van der Waals surface area contributed by atoms with Gasteiger partial charge in [0, 0.05) is 30.0 Å². The number of halogens is 2. The van der Waals surface area contributed by atoms with Gasteiger partial charge in [0.2, 0.25) is 5.88 Å². The van der Waals surface area contributed by atoms with E-state index in [0.29, 0.717) is 41.7 Å². The number of aromatic nitrogens is 3. The molecule has 15 heteroatoms. The largest absolute Gasteiger partial charge is 0.472 e. The molecule has 0 spiro atoms. The van der Waals surface area contributed by atoms with Crippen LogP contribution in [0.2, 0.25) is 16.6 Å². The molecular formula is C44H53F2N5O7Si. The van der Waals surface area contributed by atoms with Gasteiger partial charge in [-0.1, -0.05) is 53.5 Å². The zero-order valence-electron chi connectivity index (χ0n) is 34.9. The molecule has 59 heavy (non-hydrogen) atoms. The molecule has 8 rings (SSSR count). The molecule has 1 saturated carbocycles. The minimum absolute atomic E-state index is 0.0536. The molecule has 2 bridgehead atoms. The number of aliphatic hydroxyl groups is 1. The molecule has 5 heterocycles. The van der Waals surface area contributed by atoms with Crippen LogP contribution in [0, 0.1) is 28.5 Å². The van der Waals surface area contributed by atoms with Gasteiger partial charge in [-0.25, -0.2) is 18.6 Å². The average molecular weight is 830 g/mol. The van der Waals surface area contributed by atoms with Crippen molar-refractivity contribution in [3.05, 3.63) is 41.5 Å². The van der Waals surface area contributed by atoms with E-state index < -0.39 is 49.4 Å². The van der Waals surface area contributed by atoms with E-state index in [1.54, 1.807) is 18.2 Å². The number of piperazine rings is 1. The summed E-state index contributed by atoms with van der Waals surface area (Å²) in [7, 11) is -0.855. The fourth-order valence-electron chi connectivity index (χ4n) is 10.2. The van der Waals surface area contributed by atoms with E-state index in [9.17, 15) is 15.0 Å². The molecule has 0 radical (unpaired) electrons. The van der Waals surface area contributed by atoms with Crippen molar-refractivity contribution in [2.75, 3.05) is 38.6 Å². The normalized spacial score (nSPS) is 21.7. The summed E-state index contributed by atoms with van der Waals surface area (Å²) in [5.41, 5.74) is 4.15. The summed E-state index contributed by atoms with van der Waals surface area (Å²) in [6.07, 6.45) is 1.21. The maximum Gasteiger partial charge on any atom is 0.407 e. The summed E-state index contributed by atoms with van der Waals surface area (Å²) in [4.78, 5) is 30.5. The van der Waals surface area contributed by atoms with Crippen LogP contribution in [0.1, 0.15) is 79.7 Å². The molecule has 2 aromatic carbocycles. The summed E-state index contributed by atoms with van der Waals surface area (Å²) in [6.45, 7) is 15.3. The summed E-state index contributed by atoms with van der Waals surface area (Å²) < 4.78 is 58.2. The molecule has 4 atom stereocenters. The Bertz CT molecular complexity index is 2360. The van der Waals surface area contributed by atoms with Crippen molar-refractivity contribution in [1.82, 2.24) is 19.9 Å². The Kier molecular flexibility index (Phi) is 10.7. The SMILES string of the molecule is COCOc1cc(-c2nc3c4c(nc(OCC5(CO)CC5)nc4c2F)N2CC4CCC(C2C(C)O3)N4C(=O)O)c2c(C#C[Si](C(C)C)(C(C)C)C(C)C)c(F)ccc2c1. The van der Waals surface area contributed by atoms with Crippen LogP contribution in [-0.2, 0) is 4.74 Å². The highest BCUT2D eigenvalue weighted by molar-refractivity contribution is 6.90. The molecule has 3 fully saturated rings. The minimum atomic E-state index is -2.35. The second kappa shape index (κ2) is 15.4. The van der Waals surface area contributed by atoms with Gasteiger partial charge in [0.05, 0.1) is 36.9 Å². The topological polar surface area (TPSA) is 140 Å². The molecule has 3 aliphatic heterocycles. The van der Waals surface area contributed by atoms with Crippen molar-refractivity contribution in [3.63, 3.8) is 0 Å². The highest BCUT2D eigenvalue weighted by Crippen LogP contribution is 2.49. The smallest absolute Gasteiger partial charge is 0.407 e. The van der Waals surface area contributed by atoms with Crippen LogP contribution in [-0.4, -0.2) is 102 Å². The van der Waals surface area contributed by atoms with Crippen LogP contribution in [0.3, 0.4) is 0 Å². The first-order chi connectivity index (χ1) is 28.1. The first-order valence-corrected chi connectivity index (χ1v) is 22.9. The molecule has 4 aliphatic rings. The number of pyridine rings is 1. The lowest BCUT2D eigenvalue weighted by Gasteiger charge is -2.47. The van der Waals surface area contributed by atoms with E-state index in [0.717, 1.165) is 12.8 Å². The Hall–Kier alpha value is -4.78. The number of hydrogen-bond acceptors (Lipinski definition) is 10. The third kappa shape index (κ3) is 6.81. The Morgan fingerprint density at radius 1 is 1.03 bits per heavy atom. The minimum Gasteiger partial charge on any atom is -0.472 e. The molecule has 1 aliphatic carbocycles. The number of anilines is 1. The molecule has 314 valence electrons. The Labute approximate surface area is 344 Å². The molecule has 1 amide bonds. The van der Waals surface area contributed by atoms with Gasteiger partial charge in [0.1, 0.15) is 48.2 Å². The standard InChI is InChI=1S/C44H53F2N5O7Si/c1-23(2)59(24(3)4,25(5)6)16-13-30-32(45)11-9-27-17-29(57-22-55-8)18-31(34(27)30)37-36(46)38-35-40(49-42(48-38)56-21-44(20-52)14-15-44)50-19-28-10-12-33(51(28)43(53)54)39(50)26(7)58-41(35)47-37/h9,11,17-18,23-26,28,33,39,52H,10,12,14-15,19-22H2,1-8H3,(H,53,54). The van der Waals surface area contributed by atoms with E-state index in [1.165, 1.54) is 18.1 Å². The number of methoxy groups -OCH3 is 1. The maximum absolute atomic E-state index is 17.8. The zero-order chi connectivity index (χ0) is 42.1. The summed E-state index contributed by atoms with van der Waals surface area (Å²) in [5, 5.41) is 21.5. The summed E-state index contributed by atoms with van der Waals surface area (Å²) in [5.74, 6) is 2.68.